The molecular formula is C21H24FN3O2. The van der Waals surface area contributed by atoms with E-state index in [1.54, 1.807) is 19.2 Å². The Balaban J connectivity index is 1.77. The summed E-state index contributed by atoms with van der Waals surface area (Å²) < 4.78 is 18.3. The van der Waals surface area contributed by atoms with Gasteiger partial charge in [-0.2, -0.15) is 0 Å². The monoisotopic (exact) mass is 369 g/mol. The molecule has 1 atom stereocenters. The average molecular weight is 369 g/mol. The molecule has 1 aromatic heterocycles. The number of para-hydroxylation sites is 1. The Morgan fingerprint density at radius 2 is 1.93 bits per heavy atom. The minimum Gasteiger partial charge on any atom is -0.385 e. The lowest BCUT2D eigenvalue weighted by atomic mass is 9.91. The van der Waals surface area contributed by atoms with E-state index in [1.807, 2.05) is 30.5 Å². The quantitative estimate of drug-likeness (QED) is 0.529. The van der Waals surface area contributed by atoms with E-state index in [-0.39, 0.29) is 17.8 Å². The summed E-state index contributed by atoms with van der Waals surface area (Å²) in [5.41, 5.74) is 3.04. The van der Waals surface area contributed by atoms with Crippen molar-refractivity contribution in [2.45, 2.75) is 12.3 Å². The third kappa shape index (κ3) is 4.86. The number of urea groups is 1. The van der Waals surface area contributed by atoms with E-state index < -0.39 is 0 Å². The van der Waals surface area contributed by atoms with Crippen LogP contribution < -0.4 is 10.6 Å². The summed E-state index contributed by atoms with van der Waals surface area (Å²) in [5.74, 6) is -0.369. The van der Waals surface area contributed by atoms with Crippen LogP contribution in [0.1, 0.15) is 23.5 Å². The van der Waals surface area contributed by atoms with Crippen molar-refractivity contribution in [3.05, 3.63) is 71.7 Å². The number of benzene rings is 2. The van der Waals surface area contributed by atoms with Crippen molar-refractivity contribution in [1.82, 2.24) is 15.6 Å². The Hall–Kier alpha value is -2.86. The molecule has 142 valence electrons. The summed E-state index contributed by atoms with van der Waals surface area (Å²) in [5, 5.41) is 6.84. The number of nitrogens with one attached hydrogen (secondary N) is 3. The maximum absolute atomic E-state index is 13.4. The molecule has 6 heteroatoms. The van der Waals surface area contributed by atoms with Gasteiger partial charge in [0.15, 0.2) is 0 Å². The smallest absolute Gasteiger partial charge is 0.314 e. The summed E-state index contributed by atoms with van der Waals surface area (Å²) in [6, 6.07) is 14.2. The van der Waals surface area contributed by atoms with Gasteiger partial charge in [-0.1, -0.05) is 30.3 Å². The lowest BCUT2D eigenvalue weighted by Crippen LogP contribution is -2.38. The zero-order valence-electron chi connectivity index (χ0n) is 15.3. The van der Waals surface area contributed by atoms with Crippen molar-refractivity contribution in [3.63, 3.8) is 0 Å². The van der Waals surface area contributed by atoms with Crippen molar-refractivity contribution in [2.75, 3.05) is 26.8 Å². The number of H-pyrrole nitrogens is 1. The van der Waals surface area contributed by atoms with E-state index in [9.17, 15) is 9.18 Å². The van der Waals surface area contributed by atoms with Gasteiger partial charge in [-0.05, 0) is 35.7 Å². The number of hydrogen-bond donors (Lipinski definition) is 3. The van der Waals surface area contributed by atoms with Gasteiger partial charge in [-0.15, -0.1) is 0 Å². The second kappa shape index (κ2) is 9.19. The third-order valence-electron chi connectivity index (χ3n) is 4.55. The molecular weight excluding hydrogens is 345 g/mol. The number of carbonyl (C=O) groups excluding carboxylic acids is 1. The minimum atomic E-state index is -0.278. The fourth-order valence-corrected chi connectivity index (χ4v) is 3.16. The van der Waals surface area contributed by atoms with Crippen molar-refractivity contribution < 1.29 is 13.9 Å². The van der Waals surface area contributed by atoms with Crippen LogP contribution in [0.2, 0.25) is 0 Å². The Morgan fingerprint density at radius 3 is 2.70 bits per heavy atom. The van der Waals surface area contributed by atoms with Gasteiger partial charge in [0.25, 0.3) is 0 Å². The van der Waals surface area contributed by atoms with Gasteiger partial charge in [0.2, 0.25) is 0 Å². The Morgan fingerprint density at radius 1 is 1.15 bits per heavy atom. The topological polar surface area (TPSA) is 66.2 Å². The first kappa shape index (κ1) is 18.9. The SMILES string of the molecule is COCCCNC(=O)NCC(c1ccc(F)cc1)c1c[nH]c2ccccc12. The second-order valence-corrected chi connectivity index (χ2v) is 6.38. The number of amides is 2. The van der Waals surface area contributed by atoms with Crippen LogP contribution >= 0.6 is 0 Å². The molecule has 3 aromatic rings. The highest BCUT2D eigenvalue weighted by Crippen LogP contribution is 2.30. The van der Waals surface area contributed by atoms with Crippen LogP contribution in [0.3, 0.4) is 0 Å². The molecule has 0 saturated heterocycles. The molecule has 1 heterocycles. The van der Waals surface area contributed by atoms with Crippen LogP contribution in [-0.4, -0.2) is 37.8 Å². The van der Waals surface area contributed by atoms with E-state index in [0.29, 0.717) is 19.7 Å². The predicted octanol–water partition coefficient (Wildman–Crippen LogP) is 3.77. The van der Waals surface area contributed by atoms with E-state index >= 15 is 0 Å². The first-order chi connectivity index (χ1) is 13.2. The number of carbonyl (C=O) groups is 1. The van der Waals surface area contributed by atoms with Crippen LogP contribution in [0.5, 0.6) is 0 Å². The number of fused-ring (bicyclic) bond motifs is 1. The number of aromatic amines is 1. The lowest BCUT2D eigenvalue weighted by molar-refractivity contribution is 0.193. The summed E-state index contributed by atoms with van der Waals surface area (Å²) in [7, 11) is 1.63. The lowest BCUT2D eigenvalue weighted by Gasteiger charge is -2.18. The van der Waals surface area contributed by atoms with Crippen LogP contribution in [-0.2, 0) is 4.74 Å². The highest BCUT2D eigenvalue weighted by molar-refractivity contribution is 5.84. The van der Waals surface area contributed by atoms with E-state index in [0.717, 1.165) is 28.5 Å². The largest absolute Gasteiger partial charge is 0.385 e. The van der Waals surface area contributed by atoms with Crippen LogP contribution in [0, 0.1) is 5.82 Å². The molecule has 2 aromatic carbocycles. The maximum atomic E-state index is 13.4. The number of methoxy groups -OCH3 is 1. The molecule has 0 bridgehead atoms. The molecule has 1 unspecified atom stereocenters. The highest BCUT2D eigenvalue weighted by Gasteiger charge is 2.19. The van der Waals surface area contributed by atoms with Crippen LogP contribution in [0.4, 0.5) is 9.18 Å². The zero-order valence-corrected chi connectivity index (χ0v) is 15.3. The van der Waals surface area contributed by atoms with E-state index in [4.69, 9.17) is 4.74 Å². The van der Waals surface area contributed by atoms with Gasteiger partial charge >= 0.3 is 6.03 Å². The number of halogens is 1. The van der Waals surface area contributed by atoms with Crippen molar-refractivity contribution in [2.24, 2.45) is 0 Å². The highest BCUT2D eigenvalue weighted by atomic mass is 19.1. The standard InChI is InChI=1S/C21H24FN3O2/c1-27-12-4-11-23-21(26)25-13-18(15-7-9-16(22)10-8-15)19-14-24-20-6-3-2-5-17(19)20/h2-3,5-10,14,18,24H,4,11-13H2,1H3,(H2,23,25,26). The summed E-state index contributed by atoms with van der Waals surface area (Å²) in [6.07, 6.45) is 2.71. The molecule has 0 aliphatic rings. The molecule has 0 radical (unpaired) electrons. The molecule has 5 nitrogen and oxygen atoms in total. The summed E-state index contributed by atoms with van der Waals surface area (Å²) >= 11 is 0. The Bertz CT molecular complexity index is 877. The van der Waals surface area contributed by atoms with Gasteiger partial charge in [0.1, 0.15) is 5.82 Å². The van der Waals surface area contributed by atoms with E-state index in [1.165, 1.54) is 12.1 Å². The van der Waals surface area contributed by atoms with Gasteiger partial charge < -0.3 is 20.4 Å². The van der Waals surface area contributed by atoms with E-state index in [2.05, 4.69) is 15.6 Å². The van der Waals surface area contributed by atoms with Crippen molar-refractivity contribution in [3.8, 4) is 0 Å². The fraction of sp³-hybridized carbons (Fsp3) is 0.286. The zero-order chi connectivity index (χ0) is 19.1. The predicted molar refractivity (Wildman–Crippen MR) is 104 cm³/mol. The van der Waals surface area contributed by atoms with Crippen molar-refractivity contribution in [1.29, 1.82) is 0 Å². The van der Waals surface area contributed by atoms with Crippen LogP contribution in [0.15, 0.2) is 54.7 Å². The molecule has 3 N–H and O–H groups in total. The average Bonchev–Trinajstić information content (AvgIpc) is 3.11. The molecule has 2 amide bonds. The molecule has 0 aliphatic carbocycles. The number of rotatable bonds is 8. The molecule has 0 spiro atoms. The Kier molecular flexibility index (Phi) is 6.44. The number of aromatic nitrogens is 1. The second-order valence-electron chi connectivity index (χ2n) is 6.38. The summed E-state index contributed by atoms with van der Waals surface area (Å²) in [4.78, 5) is 15.4. The van der Waals surface area contributed by atoms with Gasteiger partial charge in [0, 0.05) is 49.8 Å². The molecule has 3 rings (SSSR count). The van der Waals surface area contributed by atoms with Gasteiger partial charge in [-0.3, -0.25) is 0 Å². The van der Waals surface area contributed by atoms with Gasteiger partial charge in [0.05, 0.1) is 0 Å². The minimum absolute atomic E-state index is 0.0912. The summed E-state index contributed by atoms with van der Waals surface area (Å²) in [6.45, 7) is 1.56. The molecule has 27 heavy (non-hydrogen) atoms. The number of ether oxygens (including phenoxy) is 1. The Labute approximate surface area is 157 Å². The molecule has 0 aliphatic heterocycles. The molecule has 0 saturated carbocycles. The molecule has 0 fully saturated rings. The van der Waals surface area contributed by atoms with Gasteiger partial charge in [-0.25, -0.2) is 9.18 Å². The van der Waals surface area contributed by atoms with Crippen LogP contribution in [0.25, 0.3) is 10.9 Å². The normalized spacial score (nSPS) is 12.1. The van der Waals surface area contributed by atoms with Crippen molar-refractivity contribution >= 4 is 16.9 Å². The first-order valence-electron chi connectivity index (χ1n) is 9.01. The maximum Gasteiger partial charge on any atom is 0.314 e. The third-order valence-corrected chi connectivity index (χ3v) is 4.55. The fourth-order valence-electron chi connectivity index (χ4n) is 3.16. The first-order valence-corrected chi connectivity index (χ1v) is 9.01. The number of hydrogen-bond acceptors (Lipinski definition) is 2.